The van der Waals surface area contributed by atoms with Crippen molar-refractivity contribution in [2.45, 2.75) is 31.3 Å². The van der Waals surface area contributed by atoms with Crippen LogP contribution in [0.1, 0.15) is 41.6 Å². The smallest absolute Gasteiger partial charge is 0.315 e. The van der Waals surface area contributed by atoms with Crippen LogP contribution < -0.4 is 5.43 Å². The fraction of sp³-hybridized carbons (Fsp3) is 0.318. The van der Waals surface area contributed by atoms with Crippen molar-refractivity contribution in [2.24, 2.45) is 11.0 Å². The van der Waals surface area contributed by atoms with Crippen molar-refractivity contribution in [1.29, 1.82) is 0 Å². The predicted molar refractivity (Wildman–Crippen MR) is 108 cm³/mol. The quantitative estimate of drug-likeness (QED) is 0.544. The first kappa shape index (κ1) is 20.5. The van der Waals surface area contributed by atoms with E-state index in [0.29, 0.717) is 12.1 Å². The molecule has 2 aromatic rings. The van der Waals surface area contributed by atoms with Gasteiger partial charge in [-0.2, -0.15) is 5.10 Å². The second kappa shape index (κ2) is 8.45. The Labute approximate surface area is 169 Å². The summed E-state index contributed by atoms with van der Waals surface area (Å²) in [5, 5.41) is 24.8. The fourth-order valence-corrected chi connectivity index (χ4v) is 3.79. The number of phenolic OH excluding ortho intramolecular Hbond substituents is 1. The molecule has 1 fully saturated rings. The molecule has 0 heterocycles. The van der Waals surface area contributed by atoms with Crippen LogP contribution in [0.25, 0.3) is 0 Å². The average molecular weight is 396 g/mol. The highest BCUT2D eigenvalue weighted by Gasteiger charge is 2.45. The van der Waals surface area contributed by atoms with Crippen molar-refractivity contribution in [2.75, 3.05) is 7.11 Å². The lowest BCUT2D eigenvalue weighted by atomic mass is 9.68. The molecule has 3 rings (SSSR count). The Hall–Kier alpha value is -3.19. The highest BCUT2D eigenvalue weighted by atomic mass is 16.5. The van der Waals surface area contributed by atoms with Crippen LogP contribution in [0.2, 0.25) is 0 Å². The summed E-state index contributed by atoms with van der Waals surface area (Å²) in [6.45, 7) is 1.68. The number of para-hydroxylation sites is 1. The number of esters is 1. The number of carbonyl (C=O) groups is 2. The maximum atomic E-state index is 12.6. The van der Waals surface area contributed by atoms with E-state index in [-0.39, 0.29) is 23.7 Å². The lowest BCUT2D eigenvalue weighted by molar-refractivity contribution is -0.144. The zero-order valence-electron chi connectivity index (χ0n) is 16.3. The highest BCUT2D eigenvalue weighted by Crippen LogP contribution is 2.41. The largest absolute Gasteiger partial charge is 0.507 e. The number of methoxy groups -OCH3 is 1. The van der Waals surface area contributed by atoms with E-state index < -0.39 is 23.4 Å². The van der Waals surface area contributed by atoms with E-state index in [0.717, 1.165) is 5.56 Å². The zero-order chi connectivity index (χ0) is 21.0. The number of nitrogens with one attached hydrogen (secondary N) is 1. The highest BCUT2D eigenvalue weighted by molar-refractivity contribution is 6.05. The number of rotatable bonds is 4. The van der Waals surface area contributed by atoms with Gasteiger partial charge in [0.05, 0.1) is 24.0 Å². The number of phenols is 1. The molecule has 7 nitrogen and oxygen atoms in total. The molecule has 1 amide bonds. The summed E-state index contributed by atoms with van der Waals surface area (Å²) in [6.07, 6.45) is 0.459. The molecule has 0 aromatic heterocycles. The lowest BCUT2D eigenvalue weighted by Crippen LogP contribution is -2.46. The summed E-state index contributed by atoms with van der Waals surface area (Å²) in [4.78, 5) is 25.0. The molecule has 1 aliphatic carbocycles. The predicted octanol–water partition coefficient (Wildman–Crippen LogP) is 2.60. The van der Waals surface area contributed by atoms with Gasteiger partial charge in [-0.25, -0.2) is 5.43 Å². The Morgan fingerprint density at radius 3 is 2.45 bits per heavy atom. The maximum Gasteiger partial charge on any atom is 0.315 e. The summed E-state index contributed by atoms with van der Waals surface area (Å²) in [6, 6.07) is 15.5. The van der Waals surface area contributed by atoms with Gasteiger partial charge in [-0.15, -0.1) is 0 Å². The van der Waals surface area contributed by atoms with Crippen molar-refractivity contribution in [3.8, 4) is 5.75 Å². The molecular weight excluding hydrogens is 372 g/mol. The fourth-order valence-electron chi connectivity index (χ4n) is 3.79. The van der Waals surface area contributed by atoms with Gasteiger partial charge in [0.25, 0.3) is 5.91 Å². The molecule has 1 saturated carbocycles. The van der Waals surface area contributed by atoms with E-state index in [2.05, 4.69) is 10.5 Å². The molecule has 0 unspecified atom stereocenters. The number of aromatic hydroxyl groups is 1. The van der Waals surface area contributed by atoms with Crippen LogP contribution in [0.15, 0.2) is 59.7 Å². The van der Waals surface area contributed by atoms with Gasteiger partial charge in [-0.3, -0.25) is 9.59 Å². The third-order valence-electron chi connectivity index (χ3n) is 5.12. The Kier molecular flexibility index (Phi) is 5.98. The summed E-state index contributed by atoms with van der Waals surface area (Å²) < 4.78 is 5.00. The number of nitrogens with zero attached hydrogens (tertiary/aromatic N) is 1. The van der Waals surface area contributed by atoms with Gasteiger partial charge in [0.2, 0.25) is 0 Å². The molecule has 2 aromatic carbocycles. The van der Waals surface area contributed by atoms with Crippen LogP contribution in [0.5, 0.6) is 5.75 Å². The summed E-state index contributed by atoms with van der Waals surface area (Å²) in [5.74, 6) is -2.36. The minimum atomic E-state index is -1.11. The molecule has 0 aliphatic heterocycles. The molecule has 152 valence electrons. The van der Waals surface area contributed by atoms with Crippen molar-refractivity contribution < 1.29 is 24.5 Å². The first-order chi connectivity index (χ1) is 13.8. The van der Waals surface area contributed by atoms with E-state index in [1.165, 1.54) is 19.2 Å². The maximum absolute atomic E-state index is 12.6. The second-order valence-electron chi connectivity index (χ2n) is 7.46. The van der Waals surface area contributed by atoms with Gasteiger partial charge in [-0.1, -0.05) is 42.5 Å². The van der Waals surface area contributed by atoms with Gasteiger partial charge in [0.15, 0.2) is 0 Å². The van der Waals surface area contributed by atoms with Crippen molar-refractivity contribution >= 4 is 17.6 Å². The van der Waals surface area contributed by atoms with Crippen LogP contribution in [0, 0.1) is 5.92 Å². The monoisotopic (exact) mass is 396 g/mol. The van der Waals surface area contributed by atoms with E-state index in [4.69, 9.17) is 4.74 Å². The van der Waals surface area contributed by atoms with E-state index in [1.54, 1.807) is 19.1 Å². The van der Waals surface area contributed by atoms with E-state index >= 15 is 0 Å². The molecule has 0 saturated heterocycles. The number of benzene rings is 2. The van der Waals surface area contributed by atoms with Gasteiger partial charge < -0.3 is 14.9 Å². The first-order valence-corrected chi connectivity index (χ1v) is 9.32. The van der Waals surface area contributed by atoms with Gasteiger partial charge in [-0.05, 0) is 31.0 Å². The van der Waals surface area contributed by atoms with Crippen molar-refractivity contribution in [3.05, 3.63) is 65.7 Å². The summed E-state index contributed by atoms with van der Waals surface area (Å²) >= 11 is 0. The molecule has 1 aliphatic rings. The van der Waals surface area contributed by atoms with Crippen LogP contribution >= 0.6 is 0 Å². The first-order valence-electron chi connectivity index (χ1n) is 9.32. The van der Waals surface area contributed by atoms with Crippen molar-refractivity contribution in [3.63, 3.8) is 0 Å². The topological polar surface area (TPSA) is 108 Å². The normalized spacial score (nSPS) is 25.4. The molecule has 0 radical (unpaired) electrons. The number of amides is 1. The van der Waals surface area contributed by atoms with Crippen LogP contribution in [0.4, 0.5) is 0 Å². The number of hydrogen-bond donors (Lipinski definition) is 3. The Balaban J connectivity index is 1.95. The van der Waals surface area contributed by atoms with Crippen molar-refractivity contribution in [1.82, 2.24) is 5.43 Å². The van der Waals surface area contributed by atoms with E-state index in [1.807, 2.05) is 30.3 Å². The van der Waals surface area contributed by atoms with Gasteiger partial charge in [0.1, 0.15) is 11.7 Å². The molecular formula is C22H24N2O5. The Morgan fingerprint density at radius 2 is 1.79 bits per heavy atom. The van der Waals surface area contributed by atoms with Crippen LogP contribution in [-0.2, 0) is 9.53 Å². The molecule has 7 heteroatoms. The van der Waals surface area contributed by atoms with E-state index in [9.17, 15) is 19.8 Å². The van der Waals surface area contributed by atoms with Gasteiger partial charge in [0, 0.05) is 12.3 Å². The standard InChI is InChI=1S/C22H24N2O5/c1-22(28)12-16(14-8-4-3-5-9-14)19(21(27)29-2)17(13-22)23-24-20(26)15-10-6-7-11-18(15)25/h3-11,16,19,25,28H,12-13H2,1-2H3,(H,24,26)/b23-17-/t16-,19-,22-/m0/s1. The number of hydrogen-bond acceptors (Lipinski definition) is 6. The molecule has 3 atom stereocenters. The number of hydrazone groups is 1. The Bertz CT molecular complexity index is 924. The third kappa shape index (κ3) is 4.63. The third-order valence-corrected chi connectivity index (χ3v) is 5.12. The average Bonchev–Trinajstić information content (AvgIpc) is 2.71. The number of carbonyl (C=O) groups excluding carboxylic acids is 2. The molecule has 29 heavy (non-hydrogen) atoms. The molecule has 3 N–H and O–H groups in total. The zero-order valence-corrected chi connectivity index (χ0v) is 16.3. The summed E-state index contributed by atoms with van der Waals surface area (Å²) in [5.41, 5.74) is 2.56. The van der Waals surface area contributed by atoms with Gasteiger partial charge >= 0.3 is 5.97 Å². The lowest BCUT2D eigenvalue weighted by Gasteiger charge is -2.39. The molecule has 0 spiro atoms. The minimum Gasteiger partial charge on any atom is -0.507 e. The SMILES string of the molecule is COC(=O)[C@@H]1/C(=N\NC(=O)c2ccccc2O)C[C@@](C)(O)C[C@H]1c1ccccc1. The number of aliphatic hydroxyl groups is 1. The minimum absolute atomic E-state index is 0.0636. The molecule has 0 bridgehead atoms. The van der Waals surface area contributed by atoms with Crippen LogP contribution in [-0.4, -0.2) is 40.5 Å². The summed E-state index contributed by atoms with van der Waals surface area (Å²) in [7, 11) is 1.30. The second-order valence-corrected chi connectivity index (χ2v) is 7.46. The van der Waals surface area contributed by atoms with Crippen LogP contribution in [0.3, 0.4) is 0 Å². The number of ether oxygens (including phenoxy) is 1. The Morgan fingerprint density at radius 1 is 1.14 bits per heavy atom.